The molecule has 1 aromatic heterocycles. The average molecular weight is 370 g/mol. The Morgan fingerprint density at radius 1 is 1.11 bits per heavy atom. The highest BCUT2D eigenvalue weighted by Crippen LogP contribution is 2.39. The molecule has 3 rings (SSSR count). The SMILES string of the molecule is C=CCNC(=O)C1(N(C(=O)c2ccncc2)C2CCCCC2)CCCCC1. The third-order valence-electron chi connectivity index (χ3n) is 6.06. The standard InChI is InChI=1S/C22H31N3O2/c1-2-15-24-21(27)22(13-7-4-8-14-22)25(19-9-5-3-6-10-19)20(26)18-11-16-23-17-12-18/h2,11-12,16-17,19H,1,3-10,13-15H2,(H,24,27). The molecule has 0 saturated heterocycles. The van der Waals surface area contributed by atoms with Gasteiger partial charge < -0.3 is 10.2 Å². The summed E-state index contributed by atoms with van der Waals surface area (Å²) in [6, 6.07) is 3.65. The van der Waals surface area contributed by atoms with Gasteiger partial charge in [0, 0.05) is 30.5 Å². The van der Waals surface area contributed by atoms with Crippen molar-refractivity contribution in [2.75, 3.05) is 6.54 Å². The largest absolute Gasteiger partial charge is 0.351 e. The molecule has 0 aromatic carbocycles. The Morgan fingerprint density at radius 2 is 1.74 bits per heavy atom. The third kappa shape index (κ3) is 4.23. The van der Waals surface area contributed by atoms with Gasteiger partial charge in [0.2, 0.25) is 5.91 Å². The van der Waals surface area contributed by atoms with Gasteiger partial charge in [0.1, 0.15) is 5.54 Å². The van der Waals surface area contributed by atoms with Crippen LogP contribution >= 0.6 is 0 Å². The Balaban J connectivity index is 2.00. The van der Waals surface area contributed by atoms with Crippen LogP contribution in [0.4, 0.5) is 0 Å². The summed E-state index contributed by atoms with van der Waals surface area (Å²) in [5, 5.41) is 3.01. The maximum absolute atomic E-state index is 13.6. The summed E-state index contributed by atoms with van der Waals surface area (Å²) in [5.41, 5.74) is -0.124. The fraction of sp³-hybridized carbons (Fsp3) is 0.591. The minimum atomic E-state index is -0.746. The first kappa shape index (κ1) is 19.6. The normalized spacial score (nSPS) is 19.9. The van der Waals surface area contributed by atoms with Gasteiger partial charge in [-0.2, -0.15) is 0 Å². The Bertz CT molecular complexity index is 647. The lowest BCUT2D eigenvalue weighted by Crippen LogP contribution is -2.64. The molecule has 1 heterocycles. The fourth-order valence-electron chi connectivity index (χ4n) is 4.73. The van der Waals surface area contributed by atoms with Crippen LogP contribution < -0.4 is 5.32 Å². The van der Waals surface area contributed by atoms with Gasteiger partial charge in [0.15, 0.2) is 0 Å². The number of nitrogens with zero attached hydrogens (tertiary/aromatic N) is 2. The Kier molecular flexibility index (Phi) is 6.64. The van der Waals surface area contributed by atoms with E-state index in [-0.39, 0.29) is 17.9 Å². The number of hydrogen-bond donors (Lipinski definition) is 1. The third-order valence-corrected chi connectivity index (χ3v) is 6.06. The summed E-state index contributed by atoms with van der Waals surface area (Å²) in [6.45, 7) is 4.15. The molecule has 1 N–H and O–H groups in total. The number of nitrogens with one attached hydrogen (secondary N) is 1. The van der Waals surface area contributed by atoms with E-state index in [0.717, 1.165) is 57.8 Å². The van der Waals surface area contributed by atoms with Gasteiger partial charge >= 0.3 is 0 Å². The number of hydrogen-bond acceptors (Lipinski definition) is 3. The molecule has 0 bridgehead atoms. The zero-order valence-corrected chi connectivity index (χ0v) is 16.2. The molecule has 0 atom stereocenters. The van der Waals surface area contributed by atoms with Crippen LogP contribution in [0.5, 0.6) is 0 Å². The van der Waals surface area contributed by atoms with E-state index < -0.39 is 5.54 Å². The summed E-state index contributed by atoms with van der Waals surface area (Å²) >= 11 is 0. The van der Waals surface area contributed by atoms with Crippen LogP contribution in [0.15, 0.2) is 37.2 Å². The van der Waals surface area contributed by atoms with Gasteiger partial charge in [-0.3, -0.25) is 14.6 Å². The quantitative estimate of drug-likeness (QED) is 0.775. The lowest BCUT2D eigenvalue weighted by Gasteiger charge is -2.49. The van der Waals surface area contributed by atoms with Gasteiger partial charge in [-0.1, -0.05) is 44.6 Å². The first-order valence-electron chi connectivity index (χ1n) is 10.3. The van der Waals surface area contributed by atoms with Crippen LogP contribution in [0, 0.1) is 0 Å². The second-order valence-electron chi connectivity index (χ2n) is 7.79. The molecule has 5 heteroatoms. The van der Waals surface area contributed by atoms with E-state index in [1.807, 2.05) is 4.90 Å². The van der Waals surface area contributed by atoms with E-state index in [2.05, 4.69) is 16.9 Å². The van der Waals surface area contributed by atoms with Crippen molar-refractivity contribution < 1.29 is 9.59 Å². The maximum Gasteiger partial charge on any atom is 0.255 e. The maximum atomic E-state index is 13.6. The van der Waals surface area contributed by atoms with Crippen molar-refractivity contribution in [2.45, 2.75) is 75.8 Å². The number of carbonyl (C=O) groups is 2. The minimum absolute atomic E-state index is 0.0184. The van der Waals surface area contributed by atoms with E-state index in [9.17, 15) is 9.59 Å². The van der Waals surface area contributed by atoms with Crippen LogP contribution in [0.3, 0.4) is 0 Å². The molecule has 5 nitrogen and oxygen atoms in total. The molecule has 2 amide bonds. The van der Waals surface area contributed by atoms with Gasteiger partial charge in [-0.25, -0.2) is 0 Å². The Hall–Kier alpha value is -2.17. The molecular weight excluding hydrogens is 338 g/mol. The summed E-state index contributed by atoms with van der Waals surface area (Å²) in [7, 11) is 0. The summed E-state index contributed by atoms with van der Waals surface area (Å²) in [5.74, 6) is -0.0463. The summed E-state index contributed by atoms with van der Waals surface area (Å²) in [4.78, 5) is 33.0. The number of rotatable bonds is 6. The predicted octanol–water partition coefficient (Wildman–Crippen LogP) is 3.86. The Labute approximate surface area is 162 Å². The molecule has 0 unspecified atom stereocenters. The van der Waals surface area contributed by atoms with Crippen LogP contribution in [0.25, 0.3) is 0 Å². The molecule has 2 saturated carbocycles. The minimum Gasteiger partial charge on any atom is -0.351 e. The Morgan fingerprint density at radius 3 is 2.37 bits per heavy atom. The van der Waals surface area contributed by atoms with Crippen molar-refractivity contribution in [3.05, 3.63) is 42.7 Å². The second kappa shape index (κ2) is 9.16. The predicted molar refractivity (Wildman–Crippen MR) is 106 cm³/mol. The summed E-state index contributed by atoms with van der Waals surface area (Å²) in [6.07, 6.45) is 15.0. The van der Waals surface area contributed by atoms with Crippen LogP contribution in [0.1, 0.15) is 74.6 Å². The van der Waals surface area contributed by atoms with Gasteiger partial charge in [0.25, 0.3) is 5.91 Å². The van der Waals surface area contributed by atoms with E-state index in [0.29, 0.717) is 12.1 Å². The topological polar surface area (TPSA) is 62.3 Å². The van der Waals surface area contributed by atoms with Crippen molar-refractivity contribution in [3.8, 4) is 0 Å². The van der Waals surface area contributed by atoms with Crippen molar-refractivity contribution >= 4 is 11.8 Å². The zero-order chi connectivity index (χ0) is 19.1. The highest BCUT2D eigenvalue weighted by Gasteiger charge is 2.49. The summed E-state index contributed by atoms with van der Waals surface area (Å²) < 4.78 is 0. The van der Waals surface area contributed by atoms with Crippen molar-refractivity contribution in [1.29, 1.82) is 0 Å². The first-order valence-corrected chi connectivity index (χ1v) is 10.3. The van der Waals surface area contributed by atoms with E-state index in [4.69, 9.17) is 0 Å². The molecule has 0 aliphatic heterocycles. The second-order valence-corrected chi connectivity index (χ2v) is 7.79. The van der Waals surface area contributed by atoms with Gasteiger partial charge in [-0.05, 0) is 37.8 Å². The van der Waals surface area contributed by atoms with Crippen LogP contribution in [0.2, 0.25) is 0 Å². The molecule has 1 aromatic rings. The highest BCUT2D eigenvalue weighted by atomic mass is 16.2. The lowest BCUT2D eigenvalue weighted by molar-refractivity contribution is -0.136. The van der Waals surface area contributed by atoms with Gasteiger partial charge in [-0.15, -0.1) is 6.58 Å². The lowest BCUT2D eigenvalue weighted by atomic mass is 9.76. The molecule has 2 fully saturated rings. The molecule has 146 valence electrons. The number of aromatic nitrogens is 1. The van der Waals surface area contributed by atoms with E-state index in [1.165, 1.54) is 6.42 Å². The van der Waals surface area contributed by atoms with E-state index >= 15 is 0 Å². The van der Waals surface area contributed by atoms with Crippen LogP contribution in [-0.4, -0.2) is 39.8 Å². The smallest absolute Gasteiger partial charge is 0.255 e. The van der Waals surface area contributed by atoms with E-state index in [1.54, 1.807) is 30.6 Å². The van der Waals surface area contributed by atoms with Gasteiger partial charge in [0.05, 0.1) is 0 Å². The van der Waals surface area contributed by atoms with Crippen molar-refractivity contribution in [3.63, 3.8) is 0 Å². The van der Waals surface area contributed by atoms with Crippen molar-refractivity contribution in [1.82, 2.24) is 15.2 Å². The monoisotopic (exact) mass is 369 g/mol. The zero-order valence-electron chi connectivity index (χ0n) is 16.2. The van der Waals surface area contributed by atoms with Crippen LogP contribution in [-0.2, 0) is 4.79 Å². The average Bonchev–Trinajstić information content (AvgIpc) is 2.74. The number of carbonyl (C=O) groups excluding carboxylic acids is 2. The number of amides is 2. The number of pyridine rings is 1. The molecule has 27 heavy (non-hydrogen) atoms. The first-order chi connectivity index (χ1) is 13.2. The highest BCUT2D eigenvalue weighted by molar-refractivity contribution is 5.99. The van der Waals surface area contributed by atoms with Crippen molar-refractivity contribution in [2.24, 2.45) is 0 Å². The molecule has 2 aliphatic carbocycles. The fourth-order valence-corrected chi connectivity index (χ4v) is 4.73. The molecule has 0 spiro atoms. The molecular formula is C22H31N3O2. The molecule has 0 radical (unpaired) electrons. The molecule has 2 aliphatic rings.